The monoisotopic (exact) mass is 550 g/mol. The van der Waals surface area contributed by atoms with Gasteiger partial charge in [-0.3, -0.25) is 4.90 Å². The van der Waals surface area contributed by atoms with Crippen molar-refractivity contribution in [3.8, 4) is 5.75 Å². The maximum absolute atomic E-state index is 6.30. The number of anilines is 2. The van der Waals surface area contributed by atoms with E-state index in [4.69, 9.17) is 9.72 Å². The predicted octanol–water partition coefficient (Wildman–Crippen LogP) is 9.23. The summed E-state index contributed by atoms with van der Waals surface area (Å²) in [5.41, 5.74) is 6.43. The van der Waals surface area contributed by atoms with Crippen molar-refractivity contribution in [1.82, 2.24) is 4.98 Å². The van der Waals surface area contributed by atoms with Gasteiger partial charge in [-0.2, -0.15) is 0 Å². The molecule has 0 radical (unpaired) electrons. The Morgan fingerprint density at radius 2 is 1.84 bits per heavy atom. The van der Waals surface area contributed by atoms with E-state index >= 15 is 0 Å². The summed E-state index contributed by atoms with van der Waals surface area (Å²) in [5.74, 6) is 3.31. The number of aromatic nitrogens is 1. The highest BCUT2D eigenvalue weighted by molar-refractivity contribution is 9.10. The molecule has 37 heavy (non-hydrogen) atoms. The van der Waals surface area contributed by atoms with Crippen LogP contribution >= 0.6 is 15.9 Å². The van der Waals surface area contributed by atoms with E-state index in [1.165, 1.54) is 28.1 Å². The van der Waals surface area contributed by atoms with E-state index in [2.05, 4.69) is 115 Å². The predicted molar refractivity (Wildman–Crippen MR) is 155 cm³/mol. The topological polar surface area (TPSA) is 25.4 Å². The van der Waals surface area contributed by atoms with Gasteiger partial charge < -0.3 is 4.74 Å². The average Bonchev–Trinajstić information content (AvgIpc) is 3.22. The minimum atomic E-state index is -0.00349. The van der Waals surface area contributed by atoms with E-state index in [9.17, 15) is 0 Å². The van der Waals surface area contributed by atoms with Gasteiger partial charge in [0.05, 0.1) is 5.69 Å². The Labute approximate surface area is 228 Å². The number of hydrogen-bond donors (Lipinski definition) is 0. The summed E-state index contributed by atoms with van der Waals surface area (Å²) >= 11 is 3.55. The molecule has 4 heteroatoms. The Balaban J connectivity index is 1.43. The van der Waals surface area contributed by atoms with Gasteiger partial charge in [-0.05, 0) is 71.4 Å². The van der Waals surface area contributed by atoms with E-state index in [0.29, 0.717) is 5.92 Å². The van der Waals surface area contributed by atoms with Gasteiger partial charge in [0.25, 0.3) is 0 Å². The highest BCUT2D eigenvalue weighted by Crippen LogP contribution is 2.51. The lowest BCUT2D eigenvalue weighted by Gasteiger charge is -2.30. The molecule has 2 unspecified atom stereocenters. The molecule has 3 nitrogen and oxygen atoms in total. The Morgan fingerprint density at radius 1 is 0.973 bits per heavy atom. The quantitative estimate of drug-likeness (QED) is 0.323. The first kappa shape index (κ1) is 24.0. The highest BCUT2D eigenvalue weighted by atomic mass is 79.9. The van der Waals surface area contributed by atoms with Crippen molar-refractivity contribution in [1.29, 1.82) is 0 Å². The van der Waals surface area contributed by atoms with Gasteiger partial charge in [-0.15, -0.1) is 0 Å². The van der Waals surface area contributed by atoms with Gasteiger partial charge in [-0.25, -0.2) is 4.98 Å². The second-order valence-corrected chi connectivity index (χ2v) is 11.9. The SMILES string of the molecule is CC(C)(C)c1cc(N2C3=CC(Oc4cccc(Br)c4)=CCC3c3ccccc32)ncc1C1C=CC=CC1. The van der Waals surface area contributed by atoms with Crippen molar-refractivity contribution in [2.45, 2.75) is 50.9 Å². The van der Waals surface area contributed by atoms with Gasteiger partial charge >= 0.3 is 0 Å². The zero-order valence-electron chi connectivity index (χ0n) is 21.5. The summed E-state index contributed by atoms with van der Waals surface area (Å²) < 4.78 is 7.30. The van der Waals surface area contributed by atoms with Crippen LogP contribution in [0.4, 0.5) is 11.5 Å². The number of benzene rings is 2. The number of hydrogen-bond acceptors (Lipinski definition) is 3. The Bertz CT molecular complexity index is 1470. The Morgan fingerprint density at radius 3 is 2.62 bits per heavy atom. The van der Waals surface area contributed by atoms with E-state index in [0.717, 1.165) is 34.6 Å². The lowest BCUT2D eigenvalue weighted by Crippen LogP contribution is -2.21. The minimum Gasteiger partial charge on any atom is -0.458 e. The average molecular weight is 552 g/mol. The lowest BCUT2D eigenvalue weighted by molar-refractivity contribution is 0.435. The molecular formula is C33H31BrN2O. The van der Waals surface area contributed by atoms with Crippen LogP contribution in [0.2, 0.25) is 0 Å². The Hall–Kier alpha value is -3.37. The zero-order chi connectivity index (χ0) is 25.6. The van der Waals surface area contributed by atoms with Crippen LogP contribution in [0.3, 0.4) is 0 Å². The highest BCUT2D eigenvalue weighted by Gasteiger charge is 2.37. The molecule has 0 spiro atoms. The first-order chi connectivity index (χ1) is 17.9. The molecule has 0 fully saturated rings. The summed E-state index contributed by atoms with van der Waals surface area (Å²) in [4.78, 5) is 7.42. The van der Waals surface area contributed by atoms with Gasteiger partial charge in [0, 0.05) is 34.3 Å². The first-order valence-corrected chi connectivity index (χ1v) is 13.8. The maximum atomic E-state index is 6.30. The molecule has 0 saturated carbocycles. The zero-order valence-corrected chi connectivity index (χ0v) is 23.1. The molecule has 3 aromatic rings. The third kappa shape index (κ3) is 4.59. The lowest BCUT2D eigenvalue weighted by atomic mass is 9.79. The smallest absolute Gasteiger partial charge is 0.137 e. The van der Waals surface area contributed by atoms with Crippen molar-refractivity contribution in [3.63, 3.8) is 0 Å². The summed E-state index contributed by atoms with van der Waals surface area (Å²) in [6, 6.07) is 19.0. The second kappa shape index (κ2) is 9.50. The molecule has 0 N–H and O–H groups in total. The molecule has 0 amide bonds. The number of pyridine rings is 1. The number of rotatable bonds is 4. The van der Waals surface area contributed by atoms with Crippen LogP contribution in [0.5, 0.6) is 5.75 Å². The fourth-order valence-electron chi connectivity index (χ4n) is 5.62. The van der Waals surface area contributed by atoms with Gasteiger partial charge in [0.2, 0.25) is 0 Å². The fraction of sp³-hybridized carbons (Fsp3) is 0.242. The summed E-state index contributed by atoms with van der Waals surface area (Å²) in [5, 5.41) is 0. The summed E-state index contributed by atoms with van der Waals surface area (Å²) in [7, 11) is 0. The standard InChI is InChI=1S/C33H31BrN2O/c1-33(2,3)29-20-32(35-21-28(29)22-10-5-4-6-11-22)36-30-15-8-7-14-26(30)27-17-16-25(19-31(27)36)37-24-13-9-12-23(34)18-24/h4-10,12-16,18-22,27H,11,17H2,1-3H3. The van der Waals surface area contributed by atoms with Crippen LogP contribution in [0.25, 0.3) is 0 Å². The number of ether oxygens (including phenoxy) is 1. The van der Waals surface area contributed by atoms with Crippen LogP contribution in [0, 0.1) is 0 Å². The van der Waals surface area contributed by atoms with Crippen molar-refractivity contribution in [2.75, 3.05) is 4.90 Å². The van der Waals surface area contributed by atoms with Crippen LogP contribution in [0.15, 0.2) is 113 Å². The molecule has 3 aliphatic rings. The van der Waals surface area contributed by atoms with Crippen LogP contribution in [-0.2, 0) is 5.41 Å². The molecule has 0 bridgehead atoms. The van der Waals surface area contributed by atoms with Gasteiger partial charge in [0.1, 0.15) is 17.3 Å². The molecule has 186 valence electrons. The van der Waals surface area contributed by atoms with Crippen molar-refractivity contribution in [3.05, 3.63) is 130 Å². The number of para-hydroxylation sites is 1. The van der Waals surface area contributed by atoms with Crippen LogP contribution in [-0.4, -0.2) is 4.98 Å². The molecule has 2 aliphatic carbocycles. The number of allylic oxidation sites excluding steroid dienone is 7. The molecule has 6 rings (SSSR count). The van der Waals surface area contributed by atoms with E-state index in [1.807, 2.05) is 24.3 Å². The van der Waals surface area contributed by atoms with E-state index in [1.54, 1.807) is 0 Å². The normalized spacial score (nSPS) is 20.3. The summed E-state index contributed by atoms with van der Waals surface area (Å²) in [6.07, 6.45) is 17.2. The first-order valence-electron chi connectivity index (χ1n) is 13.0. The van der Waals surface area contributed by atoms with Gasteiger partial charge in [-0.1, -0.05) is 85.3 Å². The van der Waals surface area contributed by atoms with E-state index < -0.39 is 0 Å². The largest absolute Gasteiger partial charge is 0.458 e. The molecule has 0 saturated heterocycles. The molecule has 1 aromatic heterocycles. The fourth-order valence-corrected chi connectivity index (χ4v) is 6.00. The minimum absolute atomic E-state index is 0.00349. The van der Waals surface area contributed by atoms with Crippen molar-refractivity contribution < 1.29 is 4.74 Å². The van der Waals surface area contributed by atoms with Gasteiger partial charge in [0.15, 0.2) is 0 Å². The number of nitrogens with zero attached hydrogens (tertiary/aromatic N) is 2. The Kier molecular flexibility index (Phi) is 6.16. The molecular weight excluding hydrogens is 520 g/mol. The van der Waals surface area contributed by atoms with Crippen molar-refractivity contribution >= 4 is 27.4 Å². The van der Waals surface area contributed by atoms with Crippen molar-refractivity contribution in [2.24, 2.45) is 0 Å². The molecule has 1 aliphatic heterocycles. The number of halogens is 1. The molecule has 2 aromatic carbocycles. The molecule has 2 heterocycles. The van der Waals surface area contributed by atoms with Crippen LogP contribution < -0.4 is 9.64 Å². The third-order valence-electron chi connectivity index (χ3n) is 7.38. The molecule has 2 atom stereocenters. The third-order valence-corrected chi connectivity index (χ3v) is 7.88. The van der Waals surface area contributed by atoms with E-state index in [-0.39, 0.29) is 11.3 Å². The number of fused-ring (bicyclic) bond motifs is 3. The van der Waals surface area contributed by atoms with Crippen LogP contribution in [0.1, 0.15) is 62.1 Å². The summed E-state index contributed by atoms with van der Waals surface area (Å²) in [6.45, 7) is 6.89. The maximum Gasteiger partial charge on any atom is 0.137 e. The second-order valence-electron chi connectivity index (χ2n) is 11.0.